The molecule has 0 amide bonds. The van der Waals surface area contributed by atoms with E-state index in [9.17, 15) is 0 Å². The highest BCUT2D eigenvalue weighted by atomic mass is 15.1. The summed E-state index contributed by atoms with van der Waals surface area (Å²) in [6, 6.07) is 0. The third-order valence-electron chi connectivity index (χ3n) is 5.21. The quantitative estimate of drug-likeness (QED) is 0.785. The van der Waals surface area contributed by atoms with Crippen molar-refractivity contribution >= 4 is 0 Å². The predicted octanol–water partition coefficient (Wildman–Crippen LogP) is 5.04. The highest BCUT2D eigenvalue weighted by Gasteiger charge is 2.20. The summed E-state index contributed by atoms with van der Waals surface area (Å²) in [5, 5.41) is 3.42. The van der Waals surface area contributed by atoms with Gasteiger partial charge in [0.15, 0.2) is 0 Å². The van der Waals surface area contributed by atoms with Crippen molar-refractivity contribution < 1.29 is 0 Å². The second-order valence-corrected chi connectivity index (χ2v) is 7.39. The van der Waals surface area contributed by atoms with Crippen molar-refractivity contribution in [1.82, 2.24) is 10.2 Å². The number of nitrogens with zero attached hydrogens (tertiary/aromatic N) is 1. The van der Waals surface area contributed by atoms with Gasteiger partial charge < -0.3 is 10.2 Å². The Labute approximate surface area is 141 Å². The zero-order chi connectivity index (χ0) is 17.0. The summed E-state index contributed by atoms with van der Waals surface area (Å²) in [4.78, 5) is 2.58. The number of rotatable bonds is 3. The van der Waals surface area contributed by atoms with Crippen LogP contribution in [0, 0.1) is 23.7 Å². The molecular formula is C20H44N2. The molecular weight excluding hydrogens is 268 g/mol. The average Bonchev–Trinajstić information content (AvgIpc) is 2.58. The lowest BCUT2D eigenvalue weighted by molar-refractivity contribution is 0.152. The highest BCUT2D eigenvalue weighted by molar-refractivity contribution is 4.74. The summed E-state index contributed by atoms with van der Waals surface area (Å²) in [7, 11) is 0. The molecule has 2 fully saturated rings. The van der Waals surface area contributed by atoms with Gasteiger partial charge in [-0.2, -0.15) is 0 Å². The minimum atomic E-state index is 0.873. The van der Waals surface area contributed by atoms with Gasteiger partial charge in [0.05, 0.1) is 0 Å². The number of nitrogens with one attached hydrogen (secondary N) is 1. The van der Waals surface area contributed by atoms with Gasteiger partial charge in [0.25, 0.3) is 0 Å². The maximum Gasteiger partial charge on any atom is 0.00120 e. The predicted molar refractivity (Wildman–Crippen MR) is 101 cm³/mol. The molecule has 0 aromatic rings. The Morgan fingerprint density at radius 3 is 1.95 bits per heavy atom. The second kappa shape index (κ2) is 13.4. The number of hydrogen-bond acceptors (Lipinski definition) is 2. The van der Waals surface area contributed by atoms with Crippen LogP contribution in [0.1, 0.15) is 74.1 Å². The maximum absolute atomic E-state index is 3.42. The molecule has 0 saturated carbocycles. The van der Waals surface area contributed by atoms with Crippen LogP contribution in [-0.4, -0.2) is 37.6 Å². The van der Waals surface area contributed by atoms with Gasteiger partial charge in [0, 0.05) is 6.54 Å². The fourth-order valence-electron chi connectivity index (χ4n) is 3.37. The first-order valence-corrected chi connectivity index (χ1v) is 9.97. The van der Waals surface area contributed by atoms with E-state index in [-0.39, 0.29) is 0 Å². The summed E-state index contributed by atoms with van der Waals surface area (Å²) in [5.74, 6) is 3.66. The molecule has 0 bridgehead atoms. The van der Waals surface area contributed by atoms with Gasteiger partial charge in [-0.3, -0.25) is 0 Å². The highest BCUT2D eigenvalue weighted by Crippen LogP contribution is 2.22. The molecule has 0 aliphatic carbocycles. The van der Waals surface area contributed by atoms with Crippen LogP contribution in [0.15, 0.2) is 0 Å². The van der Waals surface area contributed by atoms with Crippen LogP contribution in [-0.2, 0) is 0 Å². The van der Waals surface area contributed by atoms with E-state index in [1.165, 1.54) is 58.4 Å². The van der Waals surface area contributed by atoms with Crippen molar-refractivity contribution in [2.24, 2.45) is 23.7 Å². The van der Waals surface area contributed by atoms with Crippen LogP contribution < -0.4 is 5.32 Å². The maximum atomic E-state index is 3.42. The number of hydrogen-bond donors (Lipinski definition) is 1. The van der Waals surface area contributed by atoms with E-state index in [0.29, 0.717) is 0 Å². The third-order valence-corrected chi connectivity index (χ3v) is 5.21. The summed E-state index contributed by atoms with van der Waals surface area (Å²) in [6.07, 6.45) is 5.68. The van der Waals surface area contributed by atoms with Crippen LogP contribution in [0.4, 0.5) is 0 Å². The Morgan fingerprint density at radius 2 is 1.55 bits per heavy atom. The van der Waals surface area contributed by atoms with E-state index in [0.717, 1.165) is 23.7 Å². The van der Waals surface area contributed by atoms with E-state index in [2.05, 4.69) is 44.8 Å². The van der Waals surface area contributed by atoms with Gasteiger partial charge in [0.2, 0.25) is 0 Å². The summed E-state index contributed by atoms with van der Waals surface area (Å²) >= 11 is 0. The molecule has 0 aromatic carbocycles. The minimum Gasteiger partial charge on any atom is -0.316 e. The molecule has 22 heavy (non-hydrogen) atoms. The molecule has 2 unspecified atom stereocenters. The Bertz CT molecular complexity index is 232. The first-order valence-electron chi connectivity index (χ1n) is 9.97. The van der Waals surface area contributed by atoms with E-state index >= 15 is 0 Å². The summed E-state index contributed by atoms with van der Waals surface area (Å²) in [5.41, 5.74) is 0. The Kier molecular flexibility index (Phi) is 13.3. The van der Waals surface area contributed by atoms with Crippen molar-refractivity contribution in [3.8, 4) is 0 Å². The molecule has 0 spiro atoms. The Morgan fingerprint density at radius 1 is 0.955 bits per heavy atom. The lowest BCUT2D eigenvalue weighted by Crippen LogP contribution is -2.37. The fourth-order valence-corrected chi connectivity index (χ4v) is 3.37. The first kappa shape index (κ1) is 21.9. The SMILES string of the molecule is CC.CC(C)C1CCCNC1.CCN1CCCC(C(C)C)C1. The van der Waals surface area contributed by atoms with E-state index in [4.69, 9.17) is 0 Å². The summed E-state index contributed by atoms with van der Waals surface area (Å²) < 4.78 is 0. The molecule has 2 heteroatoms. The fraction of sp³-hybridized carbons (Fsp3) is 1.00. The van der Waals surface area contributed by atoms with E-state index in [1.54, 1.807) is 0 Å². The van der Waals surface area contributed by atoms with Crippen LogP contribution in [0.3, 0.4) is 0 Å². The smallest absolute Gasteiger partial charge is 0.00120 e. The van der Waals surface area contributed by atoms with Crippen molar-refractivity contribution in [3.63, 3.8) is 0 Å². The van der Waals surface area contributed by atoms with Gasteiger partial charge in [-0.25, -0.2) is 0 Å². The zero-order valence-electron chi connectivity index (χ0n) is 16.6. The first-order chi connectivity index (χ1) is 10.5. The van der Waals surface area contributed by atoms with Gasteiger partial charge in [0.1, 0.15) is 0 Å². The zero-order valence-corrected chi connectivity index (χ0v) is 16.6. The molecule has 2 rings (SSSR count). The monoisotopic (exact) mass is 312 g/mol. The van der Waals surface area contributed by atoms with Crippen LogP contribution >= 0.6 is 0 Å². The van der Waals surface area contributed by atoms with E-state index in [1.807, 2.05) is 13.8 Å². The molecule has 2 aliphatic heterocycles. The summed E-state index contributed by atoms with van der Waals surface area (Å²) in [6.45, 7) is 22.0. The molecule has 2 heterocycles. The normalized spacial score (nSPS) is 26.0. The Hall–Kier alpha value is -0.0800. The number of likely N-dealkylation sites (tertiary alicyclic amines) is 1. The van der Waals surface area contributed by atoms with Crippen molar-refractivity contribution in [1.29, 1.82) is 0 Å². The topological polar surface area (TPSA) is 15.3 Å². The van der Waals surface area contributed by atoms with Crippen LogP contribution in [0.25, 0.3) is 0 Å². The van der Waals surface area contributed by atoms with Crippen LogP contribution in [0.2, 0.25) is 0 Å². The third kappa shape index (κ3) is 9.15. The van der Waals surface area contributed by atoms with E-state index < -0.39 is 0 Å². The molecule has 2 saturated heterocycles. The lowest BCUT2D eigenvalue weighted by Gasteiger charge is -2.33. The Balaban J connectivity index is 0.000000366. The molecule has 0 radical (unpaired) electrons. The second-order valence-electron chi connectivity index (χ2n) is 7.39. The molecule has 0 aromatic heterocycles. The van der Waals surface area contributed by atoms with Crippen molar-refractivity contribution in [2.45, 2.75) is 74.1 Å². The lowest BCUT2D eigenvalue weighted by atomic mass is 9.88. The van der Waals surface area contributed by atoms with Gasteiger partial charge in [-0.1, -0.05) is 48.5 Å². The van der Waals surface area contributed by atoms with Crippen LogP contribution in [0.5, 0.6) is 0 Å². The molecule has 2 nitrogen and oxygen atoms in total. The van der Waals surface area contributed by atoms with Gasteiger partial charge in [-0.05, 0) is 75.5 Å². The standard InChI is InChI=1S/C10H21N.C8H17N.C2H6/c1-4-11-7-5-6-10(8-11)9(2)3;1-7(2)8-4-3-5-9-6-8;1-2/h9-10H,4-8H2,1-3H3;7-9H,3-6H2,1-2H3;1-2H3. The largest absolute Gasteiger partial charge is 0.316 e. The molecule has 2 aliphatic rings. The van der Waals surface area contributed by atoms with Gasteiger partial charge >= 0.3 is 0 Å². The molecule has 1 N–H and O–H groups in total. The van der Waals surface area contributed by atoms with Crippen molar-refractivity contribution in [3.05, 3.63) is 0 Å². The molecule has 134 valence electrons. The average molecular weight is 313 g/mol. The number of piperidine rings is 2. The molecule has 2 atom stereocenters. The van der Waals surface area contributed by atoms with Gasteiger partial charge in [-0.15, -0.1) is 0 Å². The van der Waals surface area contributed by atoms with Crippen molar-refractivity contribution in [2.75, 3.05) is 32.7 Å². The minimum absolute atomic E-state index is 0.873.